The zero-order valence-corrected chi connectivity index (χ0v) is 22.4. The predicted octanol–water partition coefficient (Wildman–Crippen LogP) is 3.35. The average molecular weight is 383 g/mol. The Morgan fingerprint density at radius 3 is 1.00 bits per heavy atom. The lowest BCUT2D eigenvalue weighted by Crippen LogP contribution is -2.50. The molecule has 4 unspecified atom stereocenters. The molecule has 0 aliphatic rings. The highest BCUT2D eigenvalue weighted by Crippen LogP contribution is 2.49. The summed E-state index contributed by atoms with van der Waals surface area (Å²) in [7, 11) is 5.44. The summed E-state index contributed by atoms with van der Waals surface area (Å²) in [6.07, 6.45) is 0. The molecular weight excluding hydrogens is 344 g/mol. The Labute approximate surface area is 153 Å². The molecule has 0 aliphatic carbocycles. The first-order chi connectivity index (χ1) is 9.67. The van der Waals surface area contributed by atoms with Crippen LogP contribution in [0.25, 0.3) is 0 Å². The summed E-state index contributed by atoms with van der Waals surface area (Å²) in [5, 5.41) is 0.853. The molecule has 0 amide bonds. The van der Waals surface area contributed by atoms with Crippen molar-refractivity contribution in [2.45, 2.75) is 90.9 Å². The smallest absolute Gasteiger partial charge is 0.146 e. The maximum absolute atomic E-state index is 6.06. The van der Waals surface area contributed by atoms with E-state index in [0.29, 0.717) is 10.5 Å². The highest BCUT2D eigenvalue weighted by Gasteiger charge is 2.45. The maximum atomic E-state index is 6.06. The maximum Gasteiger partial charge on any atom is 0.146 e. The van der Waals surface area contributed by atoms with Gasteiger partial charge in [-0.25, -0.2) is 0 Å². The summed E-state index contributed by atoms with van der Waals surface area (Å²) < 4.78 is 12.1. The Balaban J connectivity index is 5.01. The molecule has 0 saturated carbocycles. The van der Waals surface area contributed by atoms with Crippen LogP contribution in [0, 0.1) is 10.8 Å². The molecule has 6 heteroatoms. The van der Waals surface area contributed by atoms with E-state index >= 15 is 0 Å². The van der Waals surface area contributed by atoms with Crippen LogP contribution in [0.15, 0.2) is 0 Å². The van der Waals surface area contributed by atoms with Gasteiger partial charge in [0.1, 0.15) is 21.0 Å². The summed E-state index contributed by atoms with van der Waals surface area (Å²) in [5.74, 6) is 0. The Morgan fingerprint density at radius 2 is 0.864 bits per heavy atom. The van der Waals surface area contributed by atoms with Gasteiger partial charge in [-0.05, 0) is 38.5 Å². The predicted molar refractivity (Wildman–Crippen MR) is 112 cm³/mol. The molecule has 0 saturated heterocycles. The van der Waals surface area contributed by atoms with Gasteiger partial charge in [0.25, 0.3) is 0 Å². The van der Waals surface area contributed by atoms with Gasteiger partial charge in [-0.2, -0.15) is 0 Å². The molecule has 2 nitrogen and oxygen atoms in total. The van der Waals surface area contributed by atoms with Crippen molar-refractivity contribution in [3.63, 3.8) is 0 Å². The normalized spacial score (nSPS) is 22.1. The van der Waals surface area contributed by atoms with Gasteiger partial charge in [0.15, 0.2) is 0 Å². The molecule has 0 aromatic carbocycles. The zero-order valence-electron chi connectivity index (χ0n) is 16.8. The molecule has 0 aromatic rings. The van der Waals surface area contributed by atoms with Gasteiger partial charge in [0.2, 0.25) is 0 Å². The van der Waals surface area contributed by atoms with Gasteiger partial charge < -0.3 is 8.85 Å². The van der Waals surface area contributed by atoms with E-state index in [9.17, 15) is 0 Å². The second-order valence-electron chi connectivity index (χ2n) is 8.60. The second-order valence-corrected chi connectivity index (χ2v) is 12.4. The summed E-state index contributed by atoms with van der Waals surface area (Å²) >= 11 is 0. The first-order valence-corrected chi connectivity index (χ1v) is 12.0. The lowest BCUT2D eigenvalue weighted by molar-refractivity contribution is -0.00855. The summed E-state index contributed by atoms with van der Waals surface area (Å²) in [5.41, 5.74) is 0.0616. The molecular formula is C16H38O2S2Si2. The molecule has 0 aliphatic heterocycles. The van der Waals surface area contributed by atoms with E-state index in [1.165, 1.54) is 0 Å². The third-order valence-corrected chi connectivity index (χ3v) is 11.1. The Morgan fingerprint density at radius 1 is 0.636 bits per heavy atom. The van der Waals surface area contributed by atoms with Crippen LogP contribution in [0.5, 0.6) is 0 Å². The Hall–Kier alpha value is 1.05. The van der Waals surface area contributed by atoms with Gasteiger partial charge in [-0.3, -0.25) is 0 Å². The monoisotopic (exact) mass is 382 g/mol. The molecule has 4 atom stereocenters. The molecule has 0 aromatic heterocycles. The van der Waals surface area contributed by atoms with E-state index in [2.05, 4.69) is 69.2 Å². The molecule has 0 bridgehead atoms. The van der Waals surface area contributed by atoms with Crippen molar-refractivity contribution in [1.29, 1.82) is 0 Å². The first kappa shape index (κ1) is 23.1. The average Bonchev–Trinajstić information content (AvgIpc) is 2.39. The van der Waals surface area contributed by atoms with Crippen molar-refractivity contribution < 1.29 is 8.85 Å². The van der Waals surface area contributed by atoms with Crippen LogP contribution in [0.1, 0.15) is 69.2 Å². The van der Waals surface area contributed by atoms with Crippen molar-refractivity contribution >= 4 is 42.6 Å². The Kier molecular flexibility index (Phi) is 8.34. The van der Waals surface area contributed by atoms with Crippen molar-refractivity contribution in [3.05, 3.63) is 0 Å². The number of hydrogen-bond donors (Lipinski definition) is 0. The molecule has 0 heterocycles. The van der Waals surface area contributed by atoms with Crippen LogP contribution in [-0.4, -0.2) is 42.7 Å². The van der Waals surface area contributed by atoms with E-state index in [1.807, 2.05) is 21.6 Å². The van der Waals surface area contributed by atoms with E-state index < -0.39 is 0 Å². The van der Waals surface area contributed by atoms with Gasteiger partial charge in [0, 0.05) is 10.5 Å². The molecule has 134 valence electrons. The van der Waals surface area contributed by atoms with Gasteiger partial charge in [0.05, 0.1) is 11.2 Å². The SMILES string of the molecule is CC(SSC(C)C(C)(O[SiH3])C(C)(C)C)C(C)(O[SiH3])C(C)(C)C. The minimum Gasteiger partial charge on any atom is -0.421 e. The van der Waals surface area contributed by atoms with Crippen LogP contribution in [-0.2, 0) is 8.85 Å². The minimum absolute atomic E-state index is 0.101. The Bertz CT molecular complexity index is 321. The molecule has 22 heavy (non-hydrogen) atoms. The van der Waals surface area contributed by atoms with E-state index in [1.54, 1.807) is 0 Å². The fraction of sp³-hybridized carbons (Fsp3) is 1.00. The molecule has 0 N–H and O–H groups in total. The van der Waals surface area contributed by atoms with Crippen molar-refractivity contribution in [2.75, 3.05) is 0 Å². The molecule has 0 fully saturated rings. The largest absolute Gasteiger partial charge is 0.421 e. The van der Waals surface area contributed by atoms with Crippen LogP contribution in [0.3, 0.4) is 0 Å². The van der Waals surface area contributed by atoms with Crippen molar-refractivity contribution in [2.24, 2.45) is 10.8 Å². The summed E-state index contributed by atoms with van der Waals surface area (Å²) in [6.45, 7) is 22.8. The third-order valence-electron chi connectivity index (χ3n) is 5.72. The van der Waals surface area contributed by atoms with Crippen molar-refractivity contribution in [3.8, 4) is 0 Å². The van der Waals surface area contributed by atoms with Crippen LogP contribution < -0.4 is 0 Å². The summed E-state index contributed by atoms with van der Waals surface area (Å²) in [6, 6.07) is 0. The van der Waals surface area contributed by atoms with Gasteiger partial charge in [-0.15, -0.1) is 0 Å². The summed E-state index contributed by atoms with van der Waals surface area (Å²) in [4.78, 5) is 0. The number of rotatable bonds is 7. The van der Waals surface area contributed by atoms with E-state index in [4.69, 9.17) is 8.85 Å². The quantitative estimate of drug-likeness (QED) is 0.496. The zero-order chi connectivity index (χ0) is 18.0. The van der Waals surface area contributed by atoms with Crippen LogP contribution >= 0.6 is 21.6 Å². The fourth-order valence-corrected chi connectivity index (χ4v) is 8.49. The topological polar surface area (TPSA) is 18.5 Å². The standard InChI is InChI=1S/C16H38O2S2Si2/c1-11(15(9,17-21)13(3,4)5)19-20-12(2)16(10,18-22)14(6,7)8/h11-12H,1-10,21-22H3. The molecule has 0 radical (unpaired) electrons. The lowest BCUT2D eigenvalue weighted by Gasteiger charge is -2.47. The molecule has 0 rings (SSSR count). The highest BCUT2D eigenvalue weighted by molar-refractivity contribution is 8.77. The lowest BCUT2D eigenvalue weighted by atomic mass is 9.76. The van der Waals surface area contributed by atoms with Gasteiger partial charge in [-0.1, -0.05) is 63.1 Å². The fourth-order valence-electron chi connectivity index (χ4n) is 2.51. The number of hydrogen-bond acceptors (Lipinski definition) is 4. The molecule has 0 spiro atoms. The van der Waals surface area contributed by atoms with E-state index in [-0.39, 0.29) is 22.0 Å². The first-order valence-electron chi connectivity index (χ1n) is 8.09. The van der Waals surface area contributed by atoms with Crippen molar-refractivity contribution in [1.82, 2.24) is 0 Å². The second kappa shape index (κ2) is 7.96. The van der Waals surface area contributed by atoms with E-state index in [0.717, 1.165) is 21.0 Å². The van der Waals surface area contributed by atoms with Gasteiger partial charge >= 0.3 is 0 Å². The van der Waals surface area contributed by atoms with Crippen LogP contribution in [0.4, 0.5) is 0 Å². The highest BCUT2D eigenvalue weighted by atomic mass is 33.1. The van der Waals surface area contributed by atoms with Crippen LogP contribution in [0.2, 0.25) is 0 Å². The minimum atomic E-state index is -0.101. The third kappa shape index (κ3) is 4.79.